The Hall–Kier alpha value is -1.48. The third-order valence-corrected chi connectivity index (χ3v) is 2.93. The van der Waals surface area contributed by atoms with Gasteiger partial charge in [0, 0.05) is 5.33 Å². The van der Waals surface area contributed by atoms with E-state index in [-0.39, 0.29) is 0 Å². The molecule has 2 aromatic carbocycles. The van der Waals surface area contributed by atoms with E-state index in [2.05, 4.69) is 34.1 Å². The number of hydrogen-bond acceptors (Lipinski definition) is 2. The van der Waals surface area contributed by atoms with Gasteiger partial charge in [-0.25, -0.2) is 0 Å². The van der Waals surface area contributed by atoms with Crippen LogP contribution in [-0.4, -0.2) is 19.0 Å². The first-order valence-electron chi connectivity index (χ1n) is 5.77. The molecular weight excluding hydrogens is 292 g/mol. The summed E-state index contributed by atoms with van der Waals surface area (Å²) in [5.41, 5.74) is 2.29. The van der Waals surface area contributed by atoms with Crippen molar-refractivity contribution in [2.75, 3.05) is 19.0 Å². The zero-order valence-electron chi connectivity index (χ0n) is 10.2. The average Bonchev–Trinajstić information content (AvgIpc) is 2.46. The van der Waals surface area contributed by atoms with Crippen LogP contribution in [0.15, 0.2) is 48.5 Å². The van der Waals surface area contributed by atoms with E-state index in [4.69, 9.17) is 9.47 Å². The summed E-state index contributed by atoms with van der Waals surface area (Å²) in [6, 6.07) is 16.1. The third kappa shape index (κ3) is 3.26. The average molecular weight is 307 g/mol. The van der Waals surface area contributed by atoms with Crippen molar-refractivity contribution in [3.8, 4) is 22.6 Å². The van der Waals surface area contributed by atoms with Gasteiger partial charge in [-0.2, -0.15) is 0 Å². The van der Waals surface area contributed by atoms with E-state index in [0.29, 0.717) is 6.61 Å². The fraction of sp³-hybridized carbons (Fsp3) is 0.200. The summed E-state index contributed by atoms with van der Waals surface area (Å²) < 4.78 is 10.7. The number of hydrogen-bond donors (Lipinski definition) is 0. The van der Waals surface area contributed by atoms with Crippen LogP contribution in [-0.2, 0) is 0 Å². The van der Waals surface area contributed by atoms with Crippen LogP contribution >= 0.6 is 15.9 Å². The van der Waals surface area contributed by atoms with Crippen molar-refractivity contribution in [2.24, 2.45) is 0 Å². The maximum absolute atomic E-state index is 5.52. The Morgan fingerprint density at radius 3 is 2.39 bits per heavy atom. The van der Waals surface area contributed by atoms with Gasteiger partial charge in [0.05, 0.1) is 13.7 Å². The van der Waals surface area contributed by atoms with Crippen LogP contribution in [0.4, 0.5) is 0 Å². The van der Waals surface area contributed by atoms with Gasteiger partial charge in [-0.3, -0.25) is 0 Å². The molecular formula is C15H15BrO2. The molecule has 0 heterocycles. The summed E-state index contributed by atoms with van der Waals surface area (Å²) in [5.74, 6) is 1.76. The molecule has 0 spiro atoms. The van der Waals surface area contributed by atoms with Crippen LogP contribution < -0.4 is 9.47 Å². The molecule has 3 heteroatoms. The highest BCUT2D eigenvalue weighted by Crippen LogP contribution is 2.25. The second kappa shape index (κ2) is 6.45. The number of halogens is 1. The summed E-state index contributed by atoms with van der Waals surface area (Å²) in [5, 5.41) is 0.838. The Morgan fingerprint density at radius 1 is 0.944 bits per heavy atom. The maximum atomic E-state index is 5.52. The molecule has 0 bridgehead atoms. The minimum absolute atomic E-state index is 0.679. The summed E-state index contributed by atoms with van der Waals surface area (Å²) in [4.78, 5) is 0. The van der Waals surface area contributed by atoms with Crippen LogP contribution in [0.3, 0.4) is 0 Å². The Bertz CT molecular complexity index is 494. The number of benzene rings is 2. The second-order valence-corrected chi connectivity index (χ2v) is 4.59. The Morgan fingerprint density at radius 2 is 1.72 bits per heavy atom. The van der Waals surface area contributed by atoms with E-state index in [0.717, 1.165) is 28.0 Å². The van der Waals surface area contributed by atoms with Gasteiger partial charge in [0.2, 0.25) is 0 Å². The van der Waals surface area contributed by atoms with Crippen molar-refractivity contribution in [3.05, 3.63) is 48.5 Å². The summed E-state index contributed by atoms with van der Waals surface area (Å²) in [6.45, 7) is 0.679. The Balaban J connectivity index is 2.17. The van der Waals surface area contributed by atoms with Gasteiger partial charge in [0.25, 0.3) is 0 Å². The minimum atomic E-state index is 0.679. The maximum Gasteiger partial charge on any atom is 0.119 e. The van der Waals surface area contributed by atoms with Gasteiger partial charge in [-0.05, 0) is 35.4 Å². The van der Waals surface area contributed by atoms with Crippen molar-refractivity contribution < 1.29 is 9.47 Å². The third-order valence-electron chi connectivity index (χ3n) is 2.60. The molecule has 0 radical (unpaired) electrons. The molecule has 0 saturated heterocycles. The monoisotopic (exact) mass is 306 g/mol. The Labute approximate surface area is 116 Å². The van der Waals surface area contributed by atoms with Crippen molar-refractivity contribution in [1.82, 2.24) is 0 Å². The molecule has 2 rings (SSSR count). The van der Waals surface area contributed by atoms with Crippen LogP contribution in [0.1, 0.15) is 0 Å². The van der Waals surface area contributed by atoms with Crippen molar-refractivity contribution in [1.29, 1.82) is 0 Å². The highest BCUT2D eigenvalue weighted by molar-refractivity contribution is 9.09. The lowest BCUT2D eigenvalue weighted by Gasteiger charge is -2.07. The topological polar surface area (TPSA) is 18.5 Å². The molecule has 0 aliphatic carbocycles. The molecule has 2 aromatic rings. The van der Waals surface area contributed by atoms with E-state index in [1.807, 2.05) is 30.3 Å². The fourth-order valence-corrected chi connectivity index (χ4v) is 1.86. The molecule has 18 heavy (non-hydrogen) atoms. The molecule has 2 nitrogen and oxygen atoms in total. The lowest BCUT2D eigenvalue weighted by molar-refractivity contribution is 0.345. The molecule has 0 amide bonds. The first-order chi connectivity index (χ1) is 8.83. The highest BCUT2D eigenvalue weighted by Gasteiger charge is 2.00. The number of methoxy groups -OCH3 is 1. The fourth-order valence-electron chi connectivity index (χ4n) is 1.70. The van der Waals surface area contributed by atoms with E-state index in [1.165, 1.54) is 0 Å². The lowest BCUT2D eigenvalue weighted by atomic mass is 10.1. The Kier molecular flexibility index (Phi) is 4.65. The molecule has 0 fully saturated rings. The van der Waals surface area contributed by atoms with Crippen LogP contribution in [0, 0.1) is 0 Å². The van der Waals surface area contributed by atoms with Gasteiger partial charge in [0.15, 0.2) is 0 Å². The summed E-state index contributed by atoms with van der Waals surface area (Å²) in [6.07, 6.45) is 0. The quantitative estimate of drug-likeness (QED) is 0.773. The molecule has 94 valence electrons. The number of ether oxygens (including phenoxy) is 2. The minimum Gasteiger partial charge on any atom is -0.497 e. The SMILES string of the molecule is COc1cccc(-c2ccc(OCCBr)cc2)c1. The number of alkyl halides is 1. The lowest BCUT2D eigenvalue weighted by Crippen LogP contribution is -1.97. The molecule has 0 aliphatic heterocycles. The van der Waals surface area contributed by atoms with E-state index in [9.17, 15) is 0 Å². The first kappa shape index (κ1) is 13.0. The largest absolute Gasteiger partial charge is 0.497 e. The van der Waals surface area contributed by atoms with Gasteiger partial charge < -0.3 is 9.47 Å². The number of rotatable bonds is 5. The van der Waals surface area contributed by atoms with Gasteiger partial charge in [0.1, 0.15) is 11.5 Å². The first-order valence-corrected chi connectivity index (χ1v) is 6.89. The standard InChI is InChI=1S/C15H15BrO2/c1-17-15-4-2-3-13(11-15)12-5-7-14(8-6-12)18-10-9-16/h2-8,11H,9-10H2,1H3. The molecule has 0 unspecified atom stereocenters. The van der Waals surface area contributed by atoms with Crippen LogP contribution in [0.25, 0.3) is 11.1 Å². The van der Waals surface area contributed by atoms with Crippen molar-refractivity contribution in [2.45, 2.75) is 0 Å². The van der Waals surface area contributed by atoms with Crippen molar-refractivity contribution in [3.63, 3.8) is 0 Å². The van der Waals surface area contributed by atoms with Gasteiger partial charge in [-0.1, -0.05) is 40.2 Å². The molecule has 0 atom stereocenters. The predicted octanol–water partition coefficient (Wildman–Crippen LogP) is 4.14. The zero-order valence-corrected chi connectivity index (χ0v) is 11.8. The van der Waals surface area contributed by atoms with Gasteiger partial charge >= 0.3 is 0 Å². The van der Waals surface area contributed by atoms with Crippen molar-refractivity contribution >= 4 is 15.9 Å². The molecule has 0 N–H and O–H groups in total. The normalized spacial score (nSPS) is 10.1. The molecule has 0 aliphatic rings. The predicted molar refractivity (Wildman–Crippen MR) is 77.7 cm³/mol. The zero-order chi connectivity index (χ0) is 12.8. The van der Waals surface area contributed by atoms with Gasteiger partial charge in [-0.15, -0.1) is 0 Å². The molecule has 0 saturated carbocycles. The summed E-state index contributed by atoms with van der Waals surface area (Å²) >= 11 is 3.34. The van der Waals surface area contributed by atoms with Crippen LogP contribution in [0.5, 0.6) is 11.5 Å². The smallest absolute Gasteiger partial charge is 0.119 e. The second-order valence-electron chi connectivity index (χ2n) is 3.79. The highest BCUT2D eigenvalue weighted by atomic mass is 79.9. The van der Waals surface area contributed by atoms with E-state index >= 15 is 0 Å². The molecule has 0 aromatic heterocycles. The summed E-state index contributed by atoms with van der Waals surface area (Å²) in [7, 11) is 1.68. The van der Waals surface area contributed by atoms with E-state index < -0.39 is 0 Å². The van der Waals surface area contributed by atoms with Crippen LogP contribution in [0.2, 0.25) is 0 Å². The van der Waals surface area contributed by atoms with E-state index in [1.54, 1.807) is 7.11 Å².